The number of benzene rings is 2. The van der Waals surface area contributed by atoms with E-state index in [4.69, 9.17) is 15.1 Å². The van der Waals surface area contributed by atoms with Gasteiger partial charge in [-0.1, -0.05) is 24.3 Å². The topological polar surface area (TPSA) is 113 Å². The number of hydrogen-bond donors (Lipinski definition) is 1. The van der Waals surface area contributed by atoms with E-state index in [1.54, 1.807) is 11.4 Å². The second-order valence-corrected chi connectivity index (χ2v) is 12.8. The summed E-state index contributed by atoms with van der Waals surface area (Å²) in [6.45, 7) is 3.37. The molecule has 0 spiro atoms. The lowest BCUT2D eigenvalue weighted by atomic mass is 9.91. The molecule has 0 aliphatic carbocycles. The van der Waals surface area contributed by atoms with Crippen molar-refractivity contribution in [2.24, 2.45) is 7.05 Å². The van der Waals surface area contributed by atoms with E-state index in [1.165, 1.54) is 34.2 Å². The Morgan fingerprint density at radius 3 is 2.44 bits per heavy atom. The molecule has 12 heteroatoms. The van der Waals surface area contributed by atoms with Crippen LogP contribution in [0.4, 0.5) is 16.5 Å². The van der Waals surface area contributed by atoms with Crippen molar-refractivity contribution in [1.29, 1.82) is 0 Å². The van der Waals surface area contributed by atoms with Crippen LogP contribution in [-0.4, -0.2) is 71.6 Å². The maximum Gasteiger partial charge on any atom is 0.246 e. The van der Waals surface area contributed by atoms with Crippen molar-refractivity contribution in [3.8, 4) is 0 Å². The molecule has 1 aliphatic heterocycles. The third kappa shape index (κ3) is 5.77. The lowest BCUT2D eigenvalue weighted by molar-refractivity contribution is 0.306. The number of nitrogens with zero attached hydrogens (tertiary/aromatic N) is 7. The molecule has 0 amide bonds. The number of rotatable bonds is 8. The highest BCUT2D eigenvalue weighted by Crippen LogP contribution is 2.32. The molecule has 2 aromatic carbocycles. The van der Waals surface area contributed by atoms with E-state index in [1.807, 2.05) is 45.3 Å². The Bertz CT molecular complexity index is 1510. The van der Waals surface area contributed by atoms with Gasteiger partial charge in [0.2, 0.25) is 15.2 Å². The van der Waals surface area contributed by atoms with E-state index in [-0.39, 0.29) is 16.9 Å². The molecule has 5 rings (SSSR count). The molecule has 3 heterocycles. The highest BCUT2D eigenvalue weighted by molar-refractivity contribution is 7.89. The quantitative estimate of drug-likeness (QED) is 0.324. The summed E-state index contributed by atoms with van der Waals surface area (Å²) in [5.74, 6) is 0.722. The molecule has 0 radical (unpaired) electrons. The van der Waals surface area contributed by atoms with Gasteiger partial charge in [0, 0.05) is 81.8 Å². The van der Waals surface area contributed by atoms with Crippen molar-refractivity contribution in [3.05, 3.63) is 77.9 Å². The Morgan fingerprint density at radius 2 is 1.82 bits per heavy atom. The molecule has 1 saturated heterocycles. The van der Waals surface area contributed by atoms with Crippen molar-refractivity contribution in [1.82, 2.24) is 23.4 Å². The Balaban J connectivity index is 1.36. The van der Waals surface area contributed by atoms with Gasteiger partial charge in [0.1, 0.15) is 4.90 Å². The molecular formula is C27H34N8O2S2. The summed E-state index contributed by atoms with van der Waals surface area (Å²) < 4.78 is 34.2. The highest BCUT2D eigenvalue weighted by atomic mass is 32.2. The average molecular weight is 567 g/mol. The predicted octanol–water partition coefficient (Wildman–Crippen LogP) is 3.19. The lowest BCUT2D eigenvalue weighted by Gasteiger charge is -2.38. The van der Waals surface area contributed by atoms with Crippen LogP contribution in [0.1, 0.15) is 29.8 Å². The molecule has 4 aromatic rings. The first-order valence-electron chi connectivity index (χ1n) is 12.8. The van der Waals surface area contributed by atoms with E-state index in [0.29, 0.717) is 25.3 Å². The number of aryl methyl sites for hydroxylation is 1. The molecule has 206 valence electrons. The molecule has 0 bridgehead atoms. The second-order valence-electron chi connectivity index (χ2n) is 10.2. The van der Waals surface area contributed by atoms with Gasteiger partial charge in [0.25, 0.3) is 0 Å². The largest absolute Gasteiger partial charge is 0.399 e. The van der Waals surface area contributed by atoms with E-state index < -0.39 is 10.0 Å². The zero-order chi connectivity index (χ0) is 27.7. The van der Waals surface area contributed by atoms with Crippen LogP contribution in [0, 0.1) is 0 Å². The average Bonchev–Trinajstić information content (AvgIpc) is 3.58. The normalized spacial score (nSPS) is 17.3. The fourth-order valence-corrected chi connectivity index (χ4v) is 7.25. The van der Waals surface area contributed by atoms with Gasteiger partial charge in [-0.15, -0.1) is 0 Å². The van der Waals surface area contributed by atoms with Crippen LogP contribution in [-0.2, 0) is 23.5 Å². The summed E-state index contributed by atoms with van der Waals surface area (Å²) in [5.41, 5.74) is 10.1. The molecule has 0 saturated carbocycles. The minimum Gasteiger partial charge on any atom is -0.399 e. The second kappa shape index (κ2) is 10.9. The summed E-state index contributed by atoms with van der Waals surface area (Å²) in [7, 11) is 2.16. The van der Waals surface area contributed by atoms with Crippen LogP contribution in [0.3, 0.4) is 0 Å². The Morgan fingerprint density at radius 1 is 1.10 bits per heavy atom. The van der Waals surface area contributed by atoms with Crippen molar-refractivity contribution in [2.75, 3.05) is 49.3 Å². The van der Waals surface area contributed by atoms with Crippen LogP contribution >= 0.6 is 11.5 Å². The maximum absolute atomic E-state index is 13.2. The zero-order valence-electron chi connectivity index (χ0n) is 22.6. The molecule has 1 fully saturated rings. The first kappa shape index (κ1) is 27.1. The Labute approximate surface area is 233 Å². The van der Waals surface area contributed by atoms with Crippen molar-refractivity contribution >= 4 is 38.1 Å². The first-order chi connectivity index (χ1) is 18.6. The number of piperazine rings is 1. The third-order valence-corrected chi connectivity index (χ3v) is 9.86. The van der Waals surface area contributed by atoms with E-state index >= 15 is 0 Å². The minimum atomic E-state index is -3.61. The Kier molecular flexibility index (Phi) is 7.61. The van der Waals surface area contributed by atoms with Crippen LogP contribution in [0.25, 0.3) is 0 Å². The van der Waals surface area contributed by atoms with Crippen molar-refractivity contribution < 1.29 is 8.42 Å². The smallest absolute Gasteiger partial charge is 0.246 e. The van der Waals surface area contributed by atoms with Crippen molar-refractivity contribution in [3.63, 3.8) is 0 Å². The van der Waals surface area contributed by atoms with Crippen LogP contribution in [0.5, 0.6) is 0 Å². The van der Waals surface area contributed by atoms with Gasteiger partial charge in [-0.3, -0.25) is 4.68 Å². The fraction of sp³-hybridized carbons (Fsp3) is 0.370. The van der Waals surface area contributed by atoms with Crippen molar-refractivity contribution in [2.45, 2.75) is 30.2 Å². The van der Waals surface area contributed by atoms with E-state index in [0.717, 1.165) is 28.6 Å². The van der Waals surface area contributed by atoms with Crippen LogP contribution in [0.2, 0.25) is 0 Å². The summed E-state index contributed by atoms with van der Waals surface area (Å²) in [6.07, 6.45) is 3.69. The first-order valence-corrected chi connectivity index (χ1v) is 15.0. The molecule has 1 aliphatic rings. The van der Waals surface area contributed by atoms with Gasteiger partial charge in [-0.2, -0.15) is 13.8 Å². The molecule has 2 aromatic heterocycles. The lowest BCUT2D eigenvalue weighted by Crippen LogP contribution is -2.53. The van der Waals surface area contributed by atoms with Gasteiger partial charge < -0.3 is 15.5 Å². The molecular weight excluding hydrogens is 532 g/mol. The highest BCUT2D eigenvalue weighted by Gasteiger charge is 2.35. The van der Waals surface area contributed by atoms with Crippen LogP contribution < -0.4 is 15.5 Å². The number of sulfonamides is 1. The summed E-state index contributed by atoms with van der Waals surface area (Å²) in [6, 6.07) is 16.2. The number of anilines is 3. The van der Waals surface area contributed by atoms with Gasteiger partial charge in [-0.25, -0.2) is 13.4 Å². The number of hydrogen-bond acceptors (Lipinski definition) is 9. The van der Waals surface area contributed by atoms with Gasteiger partial charge in [0.05, 0.1) is 6.20 Å². The van der Waals surface area contributed by atoms with Gasteiger partial charge >= 0.3 is 0 Å². The molecule has 10 nitrogen and oxygen atoms in total. The zero-order valence-corrected chi connectivity index (χ0v) is 24.2. The monoisotopic (exact) mass is 566 g/mol. The number of nitrogens with two attached hydrogens (primary N) is 1. The fourth-order valence-electron chi connectivity index (χ4n) is 4.89. The molecule has 2 N–H and O–H groups in total. The maximum atomic E-state index is 13.2. The summed E-state index contributed by atoms with van der Waals surface area (Å²) >= 11 is 1.36. The standard InChI is InChI=1S/C27H34N8O2S2/c1-19-17-34(13-14-35(19)39(36,37)24-16-29-33(4)18-24)27-30-26(31-38-27)25(21-7-9-22(28)10-8-21)15-20-5-11-23(12-6-20)32(2)3/h5-12,16,18-19,25H,13-15,17,28H2,1-4H3. The molecule has 39 heavy (non-hydrogen) atoms. The van der Waals surface area contributed by atoms with Gasteiger partial charge in [0.15, 0.2) is 5.82 Å². The third-order valence-electron chi connectivity index (χ3n) is 7.10. The molecule has 2 unspecified atom stereocenters. The minimum absolute atomic E-state index is 0.0366. The number of nitrogen functional groups attached to an aromatic ring is 1. The SMILES string of the molecule is CC1CN(c2nc(C(Cc3ccc(N(C)C)cc3)c3ccc(N)cc3)ns2)CCN1S(=O)(=O)c1cnn(C)c1. The van der Waals surface area contributed by atoms with E-state index in [2.05, 4.69) is 39.2 Å². The molecule has 2 atom stereocenters. The summed E-state index contributed by atoms with van der Waals surface area (Å²) in [5, 5.41) is 4.84. The number of aromatic nitrogens is 4. The summed E-state index contributed by atoms with van der Waals surface area (Å²) in [4.78, 5) is 9.40. The van der Waals surface area contributed by atoms with E-state index in [9.17, 15) is 8.42 Å². The predicted molar refractivity (Wildman–Crippen MR) is 156 cm³/mol. The van der Waals surface area contributed by atoms with Gasteiger partial charge in [-0.05, 0) is 48.7 Å². The van der Waals surface area contributed by atoms with Crippen LogP contribution in [0.15, 0.2) is 65.8 Å². The Hall–Kier alpha value is -3.48.